The van der Waals surface area contributed by atoms with Crippen LogP contribution in [0.4, 0.5) is 4.20 Å². The van der Waals surface area contributed by atoms with E-state index in [1.807, 2.05) is 32.9 Å². The Hall–Kier alpha value is -0.820. The Morgan fingerprint density at radius 2 is 1.61 bits per heavy atom. The van der Waals surface area contributed by atoms with Crippen molar-refractivity contribution in [3.63, 3.8) is 0 Å². The van der Waals surface area contributed by atoms with Gasteiger partial charge in [0.25, 0.3) is 0 Å². The topological polar surface area (TPSA) is 26.3 Å². The van der Waals surface area contributed by atoms with Gasteiger partial charge in [-0.3, -0.25) is 0 Å². The second-order valence-corrected chi connectivity index (χ2v) is 7.23. The summed E-state index contributed by atoms with van der Waals surface area (Å²) >= 11 is 0. The van der Waals surface area contributed by atoms with Crippen LogP contribution in [0.3, 0.4) is 0 Å². The summed E-state index contributed by atoms with van der Waals surface area (Å²) in [5, 5.41) is 0. The minimum Gasteiger partial charge on any atom is -0.423 e. The molecule has 0 heterocycles. The van der Waals surface area contributed by atoms with Gasteiger partial charge in [-0.1, -0.05) is 53.7 Å². The van der Waals surface area contributed by atoms with Gasteiger partial charge in [0.15, 0.2) is 0 Å². The molecule has 18 heavy (non-hydrogen) atoms. The fraction of sp³-hybridized carbons (Fsp3) is 0.571. The molecule has 102 valence electrons. The molecule has 0 saturated heterocycles. The molecule has 0 bridgehead atoms. The molecule has 1 unspecified atom stereocenters. The summed E-state index contributed by atoms with van der Waals surface area (Å²) in [6.45, 7) is 12.4. The van der Waals surface area contributed by atoms with Crippen molar-refractivity contribution in [1.82, 2.24) is 0 Å². The smallest absolute Gasteiger partial charge is 0.404 e. The van der Waals surface area contributed by atoms with Crippen LogP contribution in [0.2, 0.25) is 0 Å². The molecule has 2 nitrogen and oxygen atoms in total. The van der Waals surface area contributed by atoms with Crippen LogP contribution in [0, 0.1) is 0 Å². The molecule has 0 saturated carbocycles. The first-order valence-electron chi connectivity index (χ1n) is 6.04. The van der Waals surface area contributed by atoms with Gasteiger partial charge in [-0.05, 0) is 22.5 Å². The highest BCUT2D eigenvalue weighted by molar-refractivity contribution is 7.33. The van der Waals surface area contributed by atoms with E-state index >= 15 is 0 Å². The Morgan fingerprint density at radius 3 is 2.00 bits per heavy atom. The molecular weight excluding hydrogens is 250 g/mol. The zero-order valence-electron chi connectivity index (χ0n) is 11.9. The fourth-order valence-electron chi connectivity index (χ4n) is 1.76. The summed E-state index contributed by atoms with van der Waals surface area (Å²) in [6, 6.07) is 5.62. The Morgan fingerprint density at radius 1 is 1.06 bits per heavy atom. The van der Waals surface area contributed by atoms with E-state index in [1.165, 1.54) is 0 Å². The van der Waals surface area contributed by atoms with Gasteiger partial charge < -0.3 is 4.52 Å². The number of hydrogen-bond donors (Lipinski definition) is 0. The third-order valence-electron chi connectivity index (χ3n) is 2.84. The average Bonchev–Trinajstić information content (AvgIpc) is 2.13. The second-order valence-electron chi connectivity index (χ2n) is 6.55. The van der Waals surface area contributed by atoms with Crippen molar-refractivity contribution in [1.29, 1.82) is 0 Å². The van der Waals surface area contributed by atoms with E-state index in [2.05, 4.69) is 20.8 Å². The summed E-state index contributed by atoms with van der Waals surface area (Å²) in [7, 11) is -3.47. The Labute approximate surface area is 110 Å². The first kappa shape index (κ1) is 15.2. The van der Waals surface area contributed by atoms with Crippen molar-refractivity contribution in [2.75, 3.05) is 0 Å². The molecule has 0 fully saturated rings. The van der Waals surface area contributed by atoms with Crippen LogP contribution in [-0.2, 0) is 15.4 Å². The first-order chi connectivity index (χ1) is 8.01. The zero-order chi connectivity index (χ0) is 14.1. The van der Waals surface area contributed by atoms with E-state index in [1.54, 1.807) is 6.07 Å². The molecule has 0 aliphatic rings. The highest BCUT2D eigenvalue weighted by Gasteiger charge is 2.23. The lowest BCUT2D eigenvalue weighted by molar-refractivity contribution is 0.451. The third-order valence-corrected chi connectivity index (χ3v) is 3.22. The summed E-state index contributed by atoms with van der Waals surface area (Å²) in [6.07, 6.45) is 0. The SMILES string of the molecule is CC(C)(C)c1ccc(O[PH](=O)F)c(C(C)(C)C)c1. The number of benzene rings is 1. The maximum absolute atomic E-state index is 12.6. The number of hydrogen-bond acceptors (Lipinski definition) is 2. The third kappa shape index (κ3) is 3.84. The molecule has 0 aliphatic carbocycles. The monoisotopic (exact) mass is 272 g/mol. The van der Waals surface area contributed by atoms with Crippen molar-refractivity contribution >= 4 is 8.34 Å². The van der Waals surface area contributed by atoms with Crippen LogP contribution >= 0.6 is 8.34 Å². The molecule has 1 aromatic carbocycles. The van der Waals surface area contributed by atoms with E-state index in [0.29, 0.717) is 5.75 Å². The molecule has 1 aromatic rings. The van der Waals surface area contributed by atoms with Crippen molar-refractivity contribution in [3.8, 4) is 5.75 Å². The number of halogens is 1. The highest BCUT2D eigenvalue weighted by atomic mass is 31.2. The van der Waals surface area contributed by atoms with E-state index < -0.39 is 8.34 Å². The Balaban J connectivity index is 3.34. The molecule has 0 amide bonds. The van der Waals surface area contributed by atoms with Crippen molar-refractivity contribution in [2.45, 2.75) is 52.4 Å². The highest BCUT2D eigenvalue weighted by Crippen LogP contribution is 2.39. The summed E-state index contributed by atoms with van der Waals surface area (Å²) < 4.78 is 28.1. The molecule has 0 aliphatic heterocycles. The molecule has 0 N–H and O–H groups in total. The van der Waals surface area contributed by atoms with Gasteiger partial charge in [-0.2, -0.15) is 0 Å². The zero-order valence-corrected chi connectivity index (χ0v) is 12.9. The minimum atomic E-state index is -3.47. The molecular formula is C14H22FO2P. The molecule has 0 spiro atoms. The maximum atomic E-state index is 12.6. The lowest BCUT2D eigenvalue weighted by Crippen LogP contribution is -2.16. The van der Waals surface area contributed by atoms with Gasteiger partial charge in [0.2, 0.25) is 0 Å². The normalized spacial score (nSPS) is 14.4. The van der Waals surface area contributed by atoms with E-state index in [0.717, 1.165) is 11.1 Å². The van der Waals surface area contributed by atoms with Crippen LogP contribution in [-0.4, -0.2) is 0 Å². The summed E-state index contributed by atoms with van der Waals surface area (Å²) in [4.78, 5) is 0. The molecule has 4 heteroatoms. The van der Waals surface area contributed by atoms with E-state index in [-0.39, 0.29) is 10.8 Å². The van der Waals surface area contributed by atoms with Gasteiger partial charge in [-0.25, -0.2) is 4.57 Å². The van der Waals surface area contributed by atoms with E-state index in [9.17, 15) is 8.76 Å². The van der Waals surface area contributed by atoms with Gasteiger partial charge in [0, 0.05) is 5.56 Å². The summed E-state index contributed by atoms with van der Waals surface area (Å²) in [5.41, 5.74) is 1.86. The number of rotatable bonds is 2. The quantitative estimate of drug-likeness (QED) is 0.706. The van der Waals surface area contributed by atoms with Crippen LogP contribution in [0.5, 0.6) is 5.75 Å². The van der Waals surface area contributed by atoms with Crippen molar-refractivity contribution < 1.29 is 13.3 Å². The molecule has 0 radical (unpaired) electrons. The van der Waals surface area contributed by atoms with Crippen molar-refractivity contribution in [3.05, 3.63) is 29.3 Å². The minimum absolute atomic E-state index is 0.0134. The van der Waals surface area contributed by atoms with E-state index in [4.69, 9.17) is 4.52 Å². The van der Waals surface area contributed by atoms with Crippen LogP contribution in [0.1, 0.15) is 52.7 Å². The second kappa shape index (κ2) is 5.05. The lowest BCUT2D eigenvalue weighted by atomic mass is 9.80. The molecule has 0 aromatic heterocycles. The van der Waals surface area contributed by atoms with Gasteiger partial charge in [0.1, 0.15) is 5.75 Å². The Bertz CT molecular complexity index is 456. The Kier molecular flexibility index (Phi) is 4.27. The fourth-order valence-corrected chi connectivity index (χ4v) is 2.11. The van der Waals surface area contributed by atoms with Gasteiger partial charge in [-0.15, -0.1) is 4.20 Å². The van der Waals surface area contributed by atoms with Crippen LogP contribution < -0.4 is 4.52 Å². The van der Waals surface area contributed by atoms with Gasteiger partial charge in [0.05, 0.1) is 0 Å². The largest absolute Gasteiger partial charge is 0.423 e. The first-order valence-corrected chi connectivity index (χ1v) is 7.23. The molecule has 1 rings (SSSR count). The van der Waals surface area contributed by atoms with Crippen molar-refractivity contribution in [2.24, 2.45) is 0 Å². The maximum Gasteiger partial charge on any atom is 0.404 e. The summed E-state index contributed by atoms with van der Waals surface area (Å²) in [5.74, 6) is 0.377. The van der Waals surface area contributed by atoms with Crippen LogP contribution in [0.15, 0.2) is 18.2 Å². The standard InChI is InChI=1S/C14H22FO2P/c1-13(2,3)10-7-8-12(17-18(15)16)11(9-10)14(4,5)6/h7-9,18H,1-6H3. The molecule has 1 atom stereocenters. The lowest BCUT2D eigenvalue weighted by Gasteiger charge is -2.26. The van der Waals surface area contributed by atoms with Gasteiger partial charge >= 0.3 is 8.34 Å². The predicted molar refractivity (Wildman–Crippen MR) is 74.6 cm³/mol. The van der Waals surface area contributed by atoms with Crippen LogP contribution in [0.25, 0.3) is 0 Å². The average molecular weight is 272 g/mol. The predicted octanol–water partition coefficient (Wildman–Crippen LogP) is 5.02.